The number of halogens is 2. The van der Waals surface area contributed by atoms with Crippen LogP contribution in [0.25, 0.3) is 0 Å². The maximum atomic E-state index is 13.7. The van der Waals surface area contributed by atoms with Gasteiger partial charge < -0.3 is 24.8 Å². The number of rotatable bonds is 6. The number of esters is 1. The number of para-hydroxylation sites is 1. The molecule has 1 aromatic rings. The Hall–Kier alpha value is -1.68. The SMILES string of the molecule is CCOC(=O)[C@H]1[C@@H]2OC3(CC2Br)C(C(=O)Nc2c(C)cccc2Cl)N([C@H](C)CO)C(=O)[C@H]13. The normalized spacial score (nSPS) is 33.9. The topological polar surface area (TPSA) is 105 Å². The first kappa shape index (κ1) is 23.5. The van der Waals surface area contributed by atoms with E-state index >= 15 is 0 Å². The van der Waals surface area contributed by atoms with E-state index in [1.54, 1.807) is 26.0 Å². The number of amides is 2. The third kappa shape index (κ3) is 3.36. The van der Waals surface area contributed by atoms with Crippen LogP contribution >= 0.6 is 27.5 Å². The quantitative estimate of drug-likeness (QED) is 0.433. The molecule has 3 fully saturated rings. The predicted molar refractivity (Wildman–Crippen MR) is 121 cm³/mol. The highest BCUT2D eigenvalue weighted by atomic mass is 79.9. The minimum absolute atomic E-state index is 0.176. The average Bonchev–Trinajstić information content (AvgIpc) is 3.33. The largest absolute Gasteiger partial charge is 0.466 e. The third-order valence-electron chi connectivity index (χ3n) is 6.74. The number of nitrogens with zero attached hydrogens (tertiary/aromatic N) is 1. The van der Waals surface area contributed by atoms with Gasteiger partial charge in [-0.05, 0) is 38.8 Å². The summed E-state index contributed by atoms with van der Waals surface area (Å²) in [5.41, 5.74) is 0.00840. The molecule has 2 bridgehead atoms. The van der Waals surface area contributed by atoms with Crippen molar-refractivity contribution in [1.29, 1.82) is 0 Å². The van der Waals surface area contributed by atoms with Crippen LogP contribution in [0.1, 0.15) is 25.8 Å². The fourth-order valence-corrected chi connectivity index (χ4v) is 6.63. The lowest BCUT2D eigenvalue weighted by molar-refractivity contribution is -0.155. The molecule has 3 aliphatic rings. The van der Waals surface area contributed by atoms with E-state index in [0.717, 1.165) is 5.56 Å². The molecule has 10 heteroatoms. The molecule has 1 aromatic carbocycles. The number of carbonyl (C=O) groups excluding carboxylic acids is 3. The maximum absolute atomic E-state index is 13.7. The number of fused-ring (bicyclic) bond motifs is 1. The molecule has 3 heterocycles. The van der Waals surface area contributed by atoms with Gasteiger partial charge in [0.2, 0.25) is 11.8 Å². The lowest BCUT2D eigenvalue weighted by Crippen LogP contribution is -2.56. The number of ether oxygens (including phenoxy) is 2. The molecule has 2 amide bonds. The standard InChI is InChI=1S/C22H26BrClN2O6/c1-4-31-21(30)14-15-20(29)26(11(3)9-27)18(22(15)8-12(23)17(14)32-22)19(28)25-16-10(2)6-5-7-13(16)24/h5-7,11-12,14-15,17-18,27H,4,8-9H2,1-3H3,(H,25,28)/t11-,12?,14-,15+,17-,18?,22?/m1/s1. The zero-order valence-corrected chi connectivity index (χ0v) is 20.4. The number of likely N-dealkylation sites (tertiary alicyclic amines) is 1. The van der Waals surface area contributed by atoms with E-state index in [1.807, 2.05) is 13.0 Å². The van der Waals surface area contributed by atoms with Crippen LogP contribution in [0, 0.1) is 18.8 Å². The van der Waals surface area contributed by atoms with Gasteiger partial charge in [0.05, 0.1) is 47.9 Å². The number of carbonyl (C=O) groups is 3. The number of aryl methyl sites for hydroxylation is 1. The van der Waals surface area contributed by atoms with Crippen LogP contribution in [0.3, 0.4) is 0 Å². The van der Waals surface area contributed by atoms with E-state index in [1.165, 1.54) is 4.90 Å². The van der Waals surface area contributed by atoms with Gasteiger partial charge in [0.25, 0.3) is 0 Å². The van der Waals surface area contributed by atoms with E-state index < -0.39 is 47.5 Å². The molecule has 1 spiro atoms. The van der Waals surface area contributed by atoms with Crippen molar-refractivity contribution in [2.75, 3.05) is 18.5 Å². The van der Waals surface area contributed by atoms with Gasteiger partial charge in [0.15, 0.2) is 0 Å². The monoisotopic (exact) mass is 528 g/mol. The van der Waals surface area contributed by atoms with Crippen LogP contribution < -0.4 is 5.32 Å². The smallest absolute Gasteiger partial charge is 0.312 e. The first-order valence-corrected chi connectivity index (χ1v) is 11.9. The van der Waals surface area contributed by atoms with Gasteiger partial charge in [0.1, 0.15) is 11.6 Å². The number of nitrogens with one attached hydrogen (secondary N) is 1. The van der Waals surface area contributed by atoms with Crippen molar-refractivity contribution in [1.82, 2.24) is 4.90 Å². The molecular formula is C22H26BrClN2O6. The molecule has 4 rings (SSSR count). The summed E-state index contributed by atoms with van der Waals surface area (Å²) in [4.78, 5) is 41.2. The molecule has 8 nitrogen and oxygen atoms in total. The van der Waals surface area contributed by atoms with Crippen molar-refractivity contribution >= 4 is 51.0 Å². The van der Waals surface area contributed by atoms with Crippen LogP contribution in [-0.4, -0.2) is 69.6 Å². The molecule has 2 N–H and O–H groups in total. The lowest BCUT2D eigenvalue weighted by atomic mass is 9.70. The summed E-state index contributed by atoms with van der Waals surface area (Å²) >= 11 is 9.89. The number of hydrogen-bond acceptors (Lipinski definition) is 6. The van der Waals surface area contributed by atoms with Crippen LogP contribution in [0.5, 0.6) is 0 Å². The number of aliphatic hydroxyl groups is 1. The van der Waals surface area contributed by atoms with Gasteiger partial charge >= 0.3 is 5.97 Å². The van der Waals surface area contributed by atoms with Crippen LogP contribution in [0.4, 0.5) is 5.69 Å². The zero-order valence-electron chi connectivity index (χ0n) is 18.0. The molecule has 0 aromatic heterocycles. The molecule has 0 saturated carbocycles. The first-order valence-electron chi connectivity index (χ1n) is 10.7. The summed E-state index contributed by atoms with van der Waals surface area (Å²) in [7, 11) is 0. The van der Waals surface area contributed by atoms with Gasteiger partial charge in [-0.15, -0.1) is 0 Å². The summed E-state index contributed by atoms with van der Waals surface area (Å²) < 4.78 is 11.6. The van der Waals surface area contributed by atoms with Crippen LogP contribution in [0.2, 0.25) is 5.02 Å². The van der Waals surface area contributed by atoms with Crippen LogP contribution in [0.15, 0.2) is 18.2 Å². The van der Waals surface area contributed by atoms with E-state index in [9.17, 15) is 19.5 Å². The lowest BCUT2D eigenvalue weighted by Gasteiger charge is -2.35. The van der Waals surface area contributed by atoms with Gasteiger partial charge in [-0.1, -0.05) is 39.7 Å². The second kappa shape index (κ2) is 8.59. The summed E-state index contributed by atoms with van der Waals surface area (Å²) in [5, 5.41) is 13.1. The van der Waals surface area contributed by atoms with Crippen molar-refractivity contribution < 1.29 is 29.0 Å². The van der Waals surface area contributed by atoms with Gasteiger partial charge in [-0.2, -0.15) is 0 Å². The van der Waals surface area contributed by atoms with Gasteiger partial charge in [0, 0.05) is 4.83 Å². The van der Waals surface area contributed by atoms with E-state index in [0.29, 0.717) is 17.1 Å². The molecule has 0 aliphatic carbocycles. The summed E-state index contributed by atoms with van der Waals surface area (Å²) in [6, 6.07) is 3.58. The second-order valence-electron chi connectivity index (χ2n) is 8.61. The van der Waals surface area contributed by atoms with Gasteiger partial charge in [-0.25, -0.2) is 0 Å². The highest BCUT2D eigenvalue weighted by Gasteiger charge is 2.77. The fourth-order valence-electron chi connectivity index (χ4n) is 5.42. The molecule has 3 saturated heterocycles. The van der Waals surface area contributed by atoms with E-state index in [-0.39, 0.29) is 23.9 Å². The summed E-state index contributed by atoms with van der Waals surface area (Å²) in [6.45, 7) is 5.02. The average molecular weight is 530 g/mol. The maximum Gasteiger partial charge on any atom is 0.312 e. The van der Waals surface area contributed by atoms with E-state index in [2.05, 4.69) is 21.2 Å². The minimum Gasteiger partial charge on any atom is -0.466 e. The van der Waals surface area contributed by atoms with Crippen molar-refractivity contribution in [3.8, 4) is 0 Å². The first-order chi connectivity index (χ1) is 15.2. The summed E-state index contributed by atoms with van der Waals surface area (Å²) in [6.07, 6.45) is -0.204. The number of anilines is 1. The van der Waals surface area contributed by atoms with Gasteiger partial charge in [-0.3, -0.25) is 14.4 Å². The zero-order chi connectivity index (χ0) is 23.4. The number of aliphatic hydroxyl groups excluding tert-OH is 1. The highest BCUT2D eigenvalue weighted by Crippen LogP contribution is 2.60. The Morgan fingerprint density at radius 3 is 2.81 bits per heavy atom. The van der Waals surface area contributed by atoms with E-state index in [4.69, 9.17) is 21.1 Å². The number of alkyl halides is 1. The number of benzene rings is 1. The Bertz CT molecular complexity index is 940. The molecule has 3 aliphatic heterocycles. The van der Waals surface area contributed by atoms with Crippen molar-refractivity contribution in [2.24, 2.45) is 11.8 Å². The van der Waals surface area contributed by atoms with Crippen LogP contribution in [-0.2, 0) is 23.9 Å². The third-order valence-corrected chi connectivity index (χ3v) is 7.90. The molecular weight excluding hydrogens is 504 g/mol. The Balaban J connectivity index is 1.77. The second-order valence-corrected chi connectivity index (χ2v) is 10.2. The molecule has 0 radical (unpaired) electrons. The highest BCUT2D eigenvalue weighted by molar-refractivity contribution is 9.09. The minimum atomic E-state index is -1.21. The van der Waals surface area contributed by atoms with Crippen molar-refractivity contribution in [3.05, 3.63) is 28.8 Å². The Morgan fingerprint density at radius 1 is 1.47 bits per heavy atom. The number of hydrogen-bond donors (Lipinski definition) is 2. The Morgan fingerprint density at radius 2 is 2.19 bits per heavy atom. The summed E-state index contributed by atoms with van der Waals surface area (Å²) in [5.74, 6) is -3.06. The Labute approximate surface area is 199 Å². The Kier molecular flexibility index (Phi) is 6.30. The molecule has 3 unspecified atom stereocenters. The molecule has 7 atom stereocenters. The molecule has 32 heavy (non-hydrogen) atoms. The molecule has 174 valence electrons. The predicted octanol–water partition coefficient (Wildman–Crippen LogP) is 2.28. The fraction of sp³-hybridized carbons (Fsp3) is 0.591. The van der Waals surface area contributed by atoms with Crippen molar-refractivity contribution in [3.63, 3.8) is 0 Å². The van der Waals surface area contributed by atoms with Crippen molar-refractivity contribution in [2.45, 2.75) is 55.8 Å².